The zero-order valence-electron chi connectivity index (χ0n) is 17.2. The fourth-order valence-electron chi connectivity index (χ4n) is 3.09. The van der Waals surface area contributed by atoms with E-state index in [0.717, 1.165) is 29.7 Å². The van der Waals surface area contributed by atoms with Gasteiger partial charge in [-0.25, -0.2) is 4.52 Å². The summed E-state index contributed by atoms with van der Waals surface area (Å²) in [7, 11) is 0. The molecule has 9 heteroatoms. The van der Waals surface area contributed by atoms with Gasteiger partial charge in [-0.05, 0) is 42.7 Å². The molecule has 9 nitrogen and oxygen atoms in total. The maximum Gasteiger partial charge on any atom is 0.306 e. The number of fused-ring (bicyclic) bond motifs is 1. The van der Waals surface area contributed by atoms with Gasteiger partial charge in [0.1, 0.15) is 0 Å². The van der Waals surface area contributed by atoms with Crippen LogP contribution in [-0.4, -0.2) is 36.6 Å². The van der Waals surface area contributed by atoms with Crippen molar-refractivity contribution in [1.29, 1.82) is 0 Å². The van der Waals surface area contributed by atoms with Crippen LogP contribution in [0.5, 0.6) is 0 Å². The van der Waals surface area contributed by atoms with Gasteiger partial charge >= 0.3 is 5.97 Å². The summed E-state index contributed by atoms with van der Waals surface area (Å²) in [4.78, 5) is 30.0. The lowest BCUT2D eigenvalue weighted by atomic mass is 10.1. The highest BCUT2D eigenvalue weighted by Gasteiger charge is 2.28. The number of carboxylic acids is 1. The summed E-state index contributed by atoms with van der Waals surface area (Å²) < 4.78 is 1.71. The van der Waals surface area contributed by atoms with Crippen LogP contribution in [-0.2, 0) is 16.0 Å². The number of nitrogens with one attached hydrogen (secondary N) is 1. The SMILES string of the molecule is Nc1nc2cccc(-c3ccc(CC(=O)Nc4cccnc4)cc3)n2n1.O=C(O)C1CC1. The molecule has 0 radical (unpaired) electrons. The first-order valence-corrected chi connectivity index (χ1v) is 10.1. The normalized spacial score (nSPS) is 12.6. The number of carbonyl (C=O) groups excluding carboxylic acids is 1. The van der Waals surface area contributed by atoms with Gasteiger partial charge in [0, 0.05) is 11.8 Å². The van der Waals surface area contributed by atoms with Gasteiger partial charge in [0.15, 0.2) is 5.65 Å². The molecule has 0 spiro atoms. The van der Waals surface area contributed by atoms with Crippen molar-refractivity contribution in [1.82, 2.24) is 19.6 Å². The maximum atomic E-state index is 12.1. The number of aromatic nitrogens is 4. The van der Waals surface area contributed by atoms with Crippen LogP contribution in [0.25, 0.3) is 16.9 Å². The molecule has 0 unspecified atom stereocenters. The van der Waals surface area contributed by atoms with E-state index in [-0.39, 0.29) is 24.2 Å². The van der Waals surface area contributed by atoms with E-state index in [2.05, 4.69) is 20.4 Å². The van der Waals surface area contributed by atoms with Crippen LogP contribution in [0.4, 0.5) is 11.6 Å². The number of amides is 1. The van der Waals surface area contributed by atoms with Gasteiger partial charge < -0.3 is 16.2 Å². The van der Waals surface area contributed by atoms with E-state index in [1.807, 2.05) is 42.5 Å². The van der Waals surface area contributed by atoms with E-state index in [4.69, 9.17) is 10.8 Å². The first-order chi connectivity index (χ1) is 15.5. The van der Waals surface area contributed by atoms with Crippen LogP contribution in [0.1, 0.15) is 18.4 Å². The van der Waals surface area contributed by atoms with Crippen molar-refractivity contribution in [3.8, 4) is 11.3 Å². The van der Waals surface area contributed by atoms with Crippen LogP contribution in [0.2, 0.25) is 0 Å². The fraction of sp³-hybridized carbons (Fsp3) is 0.174. The number of carboxylic acid groups (broad SMARTS) is 1. The number of anilines is 2. The number of pyridine rings is 2. The van der Waals surface area contributed by atoms with Gasteiger partial charge in [-0.1, -0.05) is 30.3 Å². The molecule has 1 saturated carbocycles. The number of nitrogens with zero attached hydrogens (tertiary/aromatic N) is 4. The molecule has 4 N–H and O–H groups in total. The molecular formula is C23H22N6O3. The first-order valence-electron chi connectivity index (χ1n) is 10.1. The molecule has 162 valence electrons. The first kappa shape index (κ1) is 21.0. The molecule has 1 aromatic carbocycles. The summed E-state index contributed by atoms with van der Waals surface area (Å²) in [5, 5.41) is 15.1. The summed E-state index contributed by atoms with van der Waals surface area (Å²) in [5.74, 6) is -0.460. The Balaban J connectivity index is 0.000000354. The number of hydrogen-bond acceptors (Lipinski definition) is 6. The Bertz CT molecular complexity index is 1230. The second kappa shape index (κ2) is 9.25. The topological polar surface area (TPSA) is 135 Å². The Kier molecular flexibility index (Phi) is 6.07. The van der Waals surface area contributed by atoms with E-state index in [1.54, 1.807) is 29.0 Å². The largest absolute Gasteiger partial charge is 0.481 e. The van der Waals surface area contributed by atoms with Crippen molar-refractivity contribution in [3.05, 3.63) is 72.6 Å². The number of nitrogens with two attached hydrogens (primary N) is 1. The van der Waals surface area contributed by atoms with Crippen LogP contribution in [0, 0.1) is 5.92 Å². The number of rotatable bonds is 5. The summed E-state index contributed by atoms with van der Waals surface area (Å²) in [5.41, 5.74) is 9.84. The van der Waals surface area contributed by atoms with Crippen LogP contribution in [0.3, 0.4) is 0 Å². The molecule has 5 rings (SSSR count). The van der Waals surface area contributed by atoms with Crippen molar-refractivity contribution in [2.24, 2.45) is 5.92 Å². The van der Waals surface area contributed by atoms with Crippen molar-refractivity contribution in [2.75, 3.05) is 11.1 Å². The monoisotopic (exact) mass is 430 g/mol. The van der Waals surface area contributed by atoms with Gasteiger partial charge in [-0.15, -0.1) is 5.10 Å². The maximum absolute atomic E-state index is 12.1. The lowest BCUT2D eigenvalue weighted by Gasteiger charge is -2.07. The Hall–Kier alpha value is -4.27. The minimum atomic E-state index is -0.630. The molecule has 32 heavy (non-hydrogen) atoms. The second-order valence-corrected chi connectivity index (χ2v) is 7.43. The van der Waals surface area contributed by atoms with Crippen molar-refractivity contribution in [2.45, 2.75) is 19.3 Å². The third-order valence-corrected chi connectivity index (χ3v) is 4.86. The highest BCUT2D eigenvalue weighted by atomic mass is 16.4. The predicted octanol–water partition coefficient (Wildman–Crippen LogP) is 3.04. The Morgan fingerprint density at radius 1 is 1.09 bits per heavy atom. The smallest absolute Gasteiger partial charge is 0.306 e. The molecule has 3 aromatic heterocycles. The highest BCUT2D eigenvalue weighted by Crippen LogP contribution is 2.28. The highest BCUT2D eigenvalue weighted by molar-refractivity contribution is 5.92. The lowest BCUT2D eigenvalue weighted by Crippen LogP contribution is -2.14. The summed E-state index contributed by atoms with van der Waals surface area (Å²) >= 11 is 0. The van der Waals surface area contributed by atoms with Crippen LogP contribution in [0.15, 0.2) is 67.0 Å². The number of hydrogen-bond donors (Lipinski definition) is 3. The molecule has 0 bridgehead atoms. The van der Waals surface area contributed by atoms with Crippen molar-refractivity contribution >= 4 is 29.2 Å². The quantitative estimate of drug-likeness (QED) is 0.443. The Morgan fingerprint density at radius 2 is 1.88 bits per heavy atom. The third-order valence-electron chi connectivity index (χ3n) is 4.86. The average Bonchev–Trinajstić information content (AvgIpc) is 3.56. The van der Waals surface area contributed by atoms with Gasteiger partial charge in [0.25, 0.3) is 0 Å². The molecule has 3 heterocycles. The predicted molar refractivity (Wildman–Crippen MR) is 120 cm³/mol. The molecule has 0 aliphatic heterocycles. The molecular weight excluding hydrogens is 408 g/mol. The molecule has 1 aliphatic rings. The van der Waals surface area contributed by atoms with E-state index < -0.39 is 5.97 Å². The van der Waals surface area contributed by atoms with Crippen molar-refractivity contribution < 1.29 is 14.7 Å². The number of carbonyl (C=O) groups is 2. The Morgan fingerprint density at radius 3 is 2.50 bits per heavy atom. The molecule has 4 aromatic rings. The summed E-state index contributed by atoms with van der Waals surface area (Å²) in [6.07, 6.45) is 5.36. The zero-order valence-corrected chi connectivity index (χ0v) is 17.2. The van der Waals surface area contributed by atoms with E-state index in [9.17, 15) is 9.59 Å². The fourth-order valence-corrected chi connectivity index (χ4v) is 3.09. The minimum Gasteiger partial charge on any atom is -0.481 e. The van der Waals surface area contributed by atoms with Gasteiger partial charge in [-0.3, -0.25) is 14.6 Å². The van der Waals surface area contributed by atoms with Crippen LogP contribution >= 0.6 is 0 Å². The average molecular weight is 430 g/mol. The number of nitrogen functional groups attached to an aromatic ring is 1. The van der Waals surface area contributed by atoms with Gasteiger partial charge in [0.05, 0.1) is 29.9 Å². The standard InChI is InChI=1S/C19H16N6O.C4H6O2/c20-19-23-17-5-1-4-16(25(17)24-19)14-8-6-13(7-9-14)11-18(26)22-15-3-2-10-21-12-15;5-4(6)3-1-2-3/h1-10,12H,11H2,(H2,20,24)(H,22,26);3H,1-2H2,(H,5,6). The van der Waals surface area contributed by atoms with E-state index in [1.165, 1.54) is 0 Å². The van der Waals surface area contributed by atoms with Crippen molar-refractivity contribution in [3.63, 3.8) is 0 Å². The van der Waals surface area contributed by atoms with Gasteiger partial charge in [-0.2, -0.15) is 4.98 Å². The molecule has 1 fully saturated rings. The van der Waals surface area contributed by atoms with E-state index >= 15 is 0 Å². The van der Waals surface area contributed by atoms with E-state index in [0.29, 0.717) is 11.3 Å². The molecule has 1 aliphatic carbocycles. The zero-order chi connectivity index (χ0) is 22.5. The molecule has 1 amide bonds. The number of benzene rings is 1. The third kappa shape index (κ3) is 5.25. The summed E-state index contributed by atoms with van der Waals surface area (Å²) in [6.45, 7) is 0. The number of aliphatic carboxylic acids is 1. The Labute approximate surface area is 183 Å². The van der Waals surface area contributed by atoms with Gasteiger partial charge in [0.2, 0.25) is 11.9 Å². The lowest BCUT2D eigenvalue weighted by molar-refractivity contribution is -0.138. The minimum absolute atomic E-state index is 0.0185. The van der Waals surface area contributed by atoms with Crippen LogP contribution < -0.4 is 11.1 Å². The summed E-state index contributed by atoms with van der Waals surface area (Å²) in [6, 6.07) is 17.1. The molecule has 0 saturated heterocycles. The molecule has 0 atom stereocenters. The second-order valence-electron chi connectivity index (χ2n) is 7.43.